The summed E-state index contributed by atoms with van der Waals surface area (Å²) in [6.07, 6.45) is 0. The van der Waals surface area contributed by atoms with Crippen LogP contribution in [0.3, 0.4) is 0 Å². The lowest BCUT2D eigenvalue weighted by Gasteiger charge is -2.08. The molecule has 1 N–H and O–H groups in total. The zero-order valence-corrected chi connectivity index (χ0v) is 11.3. The van der Waals surface area contributed by atoms with E-state index in [9.17, 15) is 4.79 Å². The van der Waals surface area contributed by atoms with E-state index in [-0.39, 0.29) is 5.91 Å². The molecule has 0 heterocycles. The highest BCUT2D eigenvalue weighted by Crippen LogP contribution is 2.16. The molecule has 0 saturated carbocycles. The van der Waals surface area contributed by atoms with Crippen molar-refractivity contribution >= 4 is 11.6 Å². The van der Waals surface area contributed by atoms with Crippen LogP contribution in [0.15, 0.2) is 54.6 Å². The summed E-state index contributed by atoms with van der Waals surface area (Å²) in [5.41, 5.74) is 1.37. The van der Waals surface area contributed by atoms with E-state index in [4.69, 9.17) is 9.47 Å². The molecule has 2 aromatic carbocycles. The normalized spacial score (nSPS) is 10.1. The van der Waals surface area contributed by atoms with Gasteiger partial charge in [0.05, 0.1) is 6.61 Å². The number of ether oxygens (including phenoxy) is 2. The van der Waals surface area contributed by atoms with Crippen molar-refractivity contribution < 1.29 is 14.3 Å². The summed E-state index contributed by atoms with van der Waals surface area (Å²) in [5, 5.41) is 2.83. The van der Waals surface area contributed by atoms with Crippen LogP contribution in [0.5, 0.6) is 5.75 Å². The standard InChI is InChI=1S/C16H17NO3/c1-19-11-12-20-15-9-7-14(8-10-15)17-16(18)13-5-3-2-4-6-13/h2-10H,11-12H2,1H3,(H,17,18). The largest absolute Gasteiger partial charge is 0.491 e. The molecule has 2 aromatic rings. The number of benzene rings is 2. The Hall–Kier alpha value is -2.33. The lowest BCUT2D eigenvalue weighted by atomic mass is 10.2. The molecule has 0 radical (unpaired) electrons. The summed E-state index contributed by atoms with van der Waals surface area (Å²) in [4.78, 5) is 12.0. The monoisotopic (exact) mass is 271 g/mol. The molecule has 0 spiro atoms. The van der Waals surface area contributed by atoms with E-state index in [0.717, 1.165) is 11.4 Å². The Bertz CT molecular complexity index is 537. The zero-order valence-electron chi connectivity index (χ0n) is 11.3. The molecule has 0 bridgehead atoms. The van der Waals surface area contributed by atoms with Crippen LogP contribution >= 0.6 is 0 Å². The van der Waals surface area contributed by atoms with Crippen molar-refractivity contribution in [3.05, 3.63) is 60.2 Å². The van der Waals surface area contributed by atoms with E-state index in [1.165, 1.54) is 0 Å². The van der Waals surface area contributed by atoms with E-state index in [1.54, 1.807) is 19.2 Å². The molecule has 0 fully saturated rings. The maximum absolute atomic E-state index is 12.0. The summed E-state index contributed by atoms with van der Waals surface area (Å²) >= 11 is 0. The second-order valence-corrected chi connectivity index (χ2v) is 4.19. The lowest BCUT2D eigenvalue weighted by molar-refractivity contribution is 0.102. The molecule has 20 heavy (non-hydrogen) atoms. The van der Waals surface area contributed by atoms with Gasteiger partial charge in [-0.15, -0.1) is 0 Å². The molecule has 104 valence electrons. The van der Waals surface area contributed by atoms with Crippen molar-refractivity contribution in [1.29, 1.82) is 0 Å². The van der Waals surface area contributed by atoms with Crippen molar-refractivity contribution in [2.75, 3.05) is 25.6 Å². The molecular weight excluding hydrogens is 254 g/mol. The van der Waals surface area contributed by atoms with Crippen molar-refractivity contribution in [3.63, 3.8) is 0 Å². The number of carbonyl (C=O) groups excluding carboxylic acids is 1. The van der Waals surface area contributed by atoms with Gasteiger partial charge in [0.1, 0.15) is 12.4 Å². The van der Waals surface area contributed by atoms with Gasteiger partial charge in [0.15, 0.2) is 0 Å². The number of methoxy groups -OCH3 is 1. The highest BCUT2D eigenvalue weighted by atomic mass is 16.5. The fourth-order valence-corrected chi connectivity index (χ4v) is 1.67. The average molecular weight is 271 g/mol. The Morgan fingerprint density at radius 1 is 1.00 bits per heavy atom. The first-order valence-electron chi connectivity index (χ1n) is 6.38. The van der Waals surface area contributed by atoms with E-state index < -0.39 is 0 Å². The molecule has 0 aliphatic heterocycles. The summed E-state index contributed by atoms with van der Waals surface area (Å²) in [6.45, 7) is 1.05. The Morgan fingerprint density at radius 2 is 1.70 bits per heavy atom. The molecular formula is C16H17NO3. The fourth-order valence-electron chi connectivity index (χ4n) is 1.67. The van der Waals surface area contributed by atoms with Crippen molar-refractivity contribution in [2.24, 2.45) is 0 Å². The van der Waals surface area contributed by atoms with Gasteiger partial charge in [-0.2, -0.15) is 0 Å². The molecule has 4 heteroatoms. The van der Waals surface area contributed by atoms with Gasteiger partial charge in [0.25, 0.3) is 5.91 Å². The molecule has 0 aromatic heterocycles. The van der Waals surface area contributed by atoms with Crippen LogP contribution in [0, 0.1) is 0 Å². The fraction of sp³-hybridized carbons (Fsp3) is 0.188. The van der Waals surface area contributed by atoms with Gasteiger partial charge >= 0.3 is 0 Å². The number of anilines is 1. The second kappa shape index (κ2) is 7.31. The minimum absolute atomic E-state index is 0.126. The third kappa shape index (κ3) is 4.10. The first-order valence-corrected chi connectivity index (χ1v) is 6.38. The Balaban J connectivity index is 1.92. The maximum Gasteiger partial charge on any atom is 0.255 e. The Kier molecular flexibility index (Phi) is 5.15. The van der Waals surface area contributed by atoms with Gasteiger partial charge in [-0.05, 0) is 36.4 Å². The molecule has 1 amide bonds. The number of amides is 1. The Labute approximate surface area is 118 Å². The van der Waals surface area contributed by atoms with Crippen LogP contribution in [-0.4, -0.2) is 26.2 Å². The minimum Gasteiger partial charge on any atom is -0.491 e. The quantitative estimate of drug-likeness (QED) is 0.822. The smallest absolute Gasteiger partial charge is 0.255 e. The predicted molar refractivity (Wildman–Crippen MR) is 78.2 cm³/mol. The highest BCUT2D eigenvalue weighted by Gasteiger charge is 2.04. The number of carbonyl (C=O) groups is 1. The summed E-state index contributed by atoms with van der Waals surface area (Å²) in [6, 6.07) is 16.3. The van der Waals surface area contributed by atoms with Crippen LogP contribution in [0.2, 0.25) is 0 Å². The molecule has 0 unspecified atom stereocenters. The summed E-state index contributed by atoms with van der Waals surface area (Å²) in [5.74, 6) is 0.624. The predicted octanol–water partition coefficient (Wildman–Crippen LogP) is 2.96. The SMILES string of the molecule is COCCOc1ccc(NC(=O)c2ccccc2)cc1. The van der Waals surface area contributed by atoms with Crippen LogP contribution in [0.25, 0.3) is 0 Å². The summed E-state index contributed by atoms with van der Waals surface area (Å²) in [7, 11) is 1.63. The molecule has 0 aliphatic carbocycles. The molecule has 0 atom stereocenters. The van der Waals surface area contributed by atoms with Gasteiger partial charge in [0.2, 0.25) is 0 Å². The van der Waals surface area contributed by atoms with Crippen LogP contribution in [0.4, 0.5) is 5.69 Å². The first-order chi connectivity index (χ1) is 9.79. The van der Waals surface area contributed by atoms with Gasteiger partial charge in [0, 0.05) is 18.4 Å². The zero-order chi connectivity index (χ0) is 14.2. The van der Waals surface area contributed by atoms with Crippen LogP contribution in [0.1, 0.15) is 10.4 Å². The van der Waals surface area contributed by atoms with Crippen molar-refractivity contribution in [2.45, 2.75) is 0 Å². The third-order valence-electron chi connectivity index (χ3n) is 2.70. The maximum atomic E-state index is 12.0. The third-order valence-corrected chi connectivity index (χ3v) is 2.70. The topological polar surface area (TPSA) is 47.6 Å². The molecule has 0 saturated heterocycles. The molecule has 4 nitrogen and oxygen atoms in total. The first kappa shape index (κ1) is 14.1. The van der Waals surface area contributed by atoms with Gasteiger partial charge in [-0.25, -0.2) is 0 Å². The number of hydrogen-bond donors (Lipinski definition) is 1. The van der Waals surface area contributed by atoms with E-state index in [0.29, 0.717) is 18.8 Å². The molecule has 0 aliphatic rings. The van der Waals surface area contributed by atoms with Crippen molar-refractivity contribution in [1.82, 2.24) is 0 Å². The summed E-state index contributed by atoms with van der Waals surface area (Å²) < 4.78 is 10.4. The van der Waals surface area contributed by atoms with Crippen LogP contribution in [-0.2, 0) is 4.74 Å². The average Bonchev–Trinajstić information content (AvgIpc) is 2.50. The lowest BCUT2D eigenvalue weighted by Crippen LogP contribution is -2.11. The van der Waals surface area contributed by atoms with Crippen molar-refractivity contribution in [3.8, 4) is 5.75 Å². The van der Waals surface area contributed by atoms with Gasteiger partial charge in [-0.3, -0.25) is 4.79 Å². The van der Waals surface area contributed by atoms with E-state index in [2.05, 4.69) is 5.32 Å². The van der Waals surface area contributed by atoms with E-state index in [1.807, 2.05) is 42.5 Å². The van der Waals surface area contributed by atoms with Crippen LogP contribution < -0.4 is 10.1 Å². The van der Waals surface area contributed by atoms with Gasteiger partial charge in [-0.1, -0.05) is 18.2 Å². The number of hydrogen-bond acceptors (Lipinski definition) is 3. The second-order valence-electron chi connectivity index (χ2n) is 4.19. The number of rotatable bonds is 6. The Morgan fingerprint density at radius 3 is 2.35 bits per heavy atom. The minimum atomic E-state index is -0.126. The molecule has 2 rings (SSSR count). The number of nitrogens with one attached hydrogen (secondary N) is 1. The van der Waals surface area contributed by atoms with Gasteiger partial charge < -0.3 is 14.8 Å². The van der Waals surface area contributed by atoms with E-state index >= 15 is 0 Å². The highest BCUT2D eigenvalue weighted by molar-refractivity contribution is 6.04.